The molecule has 1 N–H and O–H groups in total. The van der Waals surface area contributed by atoms with Gasteiger partial charge in [0, 0.05) is 52.5 Å². The van der Waals surface area contributed by atoms with E-state index in [0.717, 1.165) is 43.0 Å². The number of aromatic nitrogens is 2. The molecule has 3 heterocycles. The largest absolute Gasteiger partial charge is 0.373 e. The van der Waals surface area contributed by atoms with Crippen LogP contribution in [0.3, 0.4) is 0 Å². The summed E-state index contributed by atoms with van der Waals surface area (Å²) in [5.41, 5.74) is 1.02. The minimum Gasteiger partial charge on any atom is -0.373 e. The molecule has 2 saturated heterocycles. The molecule has 10 heteroatoms. The van der Waals surface area contributed by atoms with E-state index in [1.54, 1.807) is 0 Å². The lowest BCUT2D eigenvalue weighted by molar-refractivity contribution is -0.136. The van der Waals surface area contributed by atoms with E-state index in [4.69, 9.17) is 0 Å². The second-order valence-corrected chi connectivity index (χ2v) is 10.2. The molecule has 9 nitrogen and oxygen atoms in total. The number of hydrogen-bond donors (Lipinski definition) is 1. The van der Waals surface area contributed by atoms with E-state index in [2.05, 4.69) is 15.3 Å². The third kappa shape index (κ3) is 4.87. The first-order valence-electron chi connectivity index (χ1n) is 10.2. The number of likely N-dealkylation sites (tertiary alicyclic amines) is 1. The second kappa shape index (κ2) is 8.93. The Bertz CT molecular complexity index is 836. The molecule has 1 atom stereocenters. The molecule has 2 aliphatic rings. The zero-order chi connectivity index (χ0) is 21.2. The number of piperidine rings is 1. The van der Waals surface area contributed by atoms with Crippen molar-refractivity contribution in [2.75, 3.05) is 46.1 Å². The van der Waals surface area contributed by atoms with Gasteiger partial charge in [0.15, 0.2) is 0 Å². The molecule has 1 aromatic heterocycles. The first-order chi connectivity index (χ1) is 13.7. The molecule has 0 bridgehead atoms. The highest BCUT2D eigenvalue weighted by Gasteiger charge is 2.41. The maximum absolute atomic E-state index is 13.0. The Morgan fingerprint density at radius 3 is 2.52 bits per heavy atom. The number of carbonyl (C=O) groups is 1. The van der Waals surface area contributed by atoms with Crippen molar-refractivity contribution in [2.45, 2.75) is 45.1 Å². The van der Waals surface area contributed by atoms with Crippen LogP contribution in [0.4, 0.5) is 5.82 Å². The van der Waals surface area contributed by atoms with Crippen LogP contribution in [0.5, 0.6) is 0 Å². The summed E-state index contributed by atoms with van der Waals surface area (Å²) in [6.07, 6.45) is 3.98. The first kappa shape index (κ1) is 21.9. The molecule has 0 saturated carbocycles. The minimum absolute atomic E-state index is 0.0540. The first-order valence-corrected chi connectivity index (χ1v) is 11.6. The smallest absolute Gasteiger partial charge is 0.282 e. The third-order valence-corrected chi connectivity index (χ3v) is 7.77. The number of aryl methyl sites for hydroxylation is 1. The Balaban J connectivity index is 1.59. The lowest BCUT2D eigenvalue weighted by Gasteiger charge is -2.35. The van der Waals surface area contributed by atoms with Crippen LogP contribution >= 0.6 is 0 Å². The molecule has 2 aliphatic heterocycles. The van der Waals surface area contributed by atoms with E-state index < -0.39 is 16.3 Å². The highest BCUT2D eigenvalue weighted by molar-refractivity contribution is 7.86. The Labute approximate surface area is 173 Å². The van der Waals surface area contributed by atoms with Crippen molar-refractivity contribution in [2.24, 2.45) is 5.92 Å². The molecule has 162 valence electrons. The Hall–Kier alpha value is -1.78. The van der Waals surface area contributed by atoms with Crippen molar-refractivity contribution in [1.82, 2.24) is 23.5 Å². The van der Waals surface area contributed by atoms with Gasteiger partial charge in [-0.1, -0.05) is 0 Å². The van der Waals surface area contributed by atoms with Crippen LogP contribution in [-0.2, 0) is 21.4 Å². The predicted octanol–water partition coefficient (Wildman–Crippen LogP) is 0.879. The van der Waals surface area contributed by atoms with E-state index in [0.29, 0.717) is 32.0 Å². The summed E-state index contributed by atoms with van der Waals surface area (Å²) < 4.78 is 27.6. The summed E-state index contributed by atoms with van der Waals surface area (Å²) in [5, 5.41) is 3.06. The van der Waals surface area contributed by atoms with Crippen LogP contribution in [0.25, 0.3) is 0 Å². The second-order valence-electron chi connectivity index (χ2n) is 8.07. The fourth-order valence-electron chi connectivity index (χ4n) is 4.20. The lowest BCUT2D eigenvalue weighted by atomic mass is 9.91. The van der Waals surface area contributed by atoms with Gasteiger partial charge in [0.2, 0.25) is 5.91 Å². The average molecular weight is 425 g/mol. The van der Waals surface area contributed by atoms with Crippen molar-refractivity contribution in [1.29, 1.82) is 0 Å². The van der Waals surface area contributed by atoms with Gasteiger partial charge in [-0.15, -0.1) is 0 Å². The van der Waals surface area contributed by atoms with E-state index >= 15 is 0 Å². The van der Waals surface area contributed by atoms with E-state index in [-0.39, 0.29) is 5.91 Å². The number of rotatable bonds is 6. The summed E-state index contributed by atoms with van der Waals surface area (Å²) in [5.74, 6) is 1.98. The van der Waals surface area contributed by atoms with Crippen LogP contribution in [0.1, 0.15) is 37.2 Å². The van der Waals surface area contributed by atoms with Crippen LogP contribution in [0.2, 0.25) is 0 Å². The highest BCUT2D eigenvalue weighted by Crippen LogP contribution is 2.27. The Morgan fingerprint density at radius 1 is 1.21 bits per heavy atom. The number of nitrogens with zero attached hydrogens (tertiary/aromatic N) is 5. The fraction of sp³-hybridized carbons (Fsp3) is 0.737. The summed E-state index contributed by atoms with van der Waals surface area (Å²) in [6.45, 7) is 3.63. The molecule has 2 fully saturated rings. The molecule has 1 amide bonds. The van der Waals surface area contributed by atoms with E-state index in [9.17, 15) is 13.2 Å². The van der Waals surface area contributed by atoms with Gasteiger partial charge in [0.05, 0.1) is 0 Å². The van der Waals surface area contributed by atoms with Crippen molar-refractivity contribution in [3.8, 4) is 0 Å². The minimum atomic E-state index is -3.57. The monoisotopic (exact) mass is 424 g/mol. The maximum atomic E-state index is 13.0. The van der Waals surface area contributed by atoms with Gasteiger partial charge in [0.25, 0.3) is 10.2 Å². The van der Waals surface area contributed by atoms with Gasteiger partial charge in [0.1, 0.15) is 17.7 Å². The lowest BCUT2D eigenvalue weighted by Crippen LogP contribution is -2.52. The number of carbonyl (C=O) groups excluding carboxylic acids is 1. The number of hydrogen-bond acceptors (Lipinski definition) is 6. The standard InChI is InChI=1S/C19H32N6O3S/c1-14-21-16(13-18(20-2)22-14)12-15-7-10-24(11-8-15)19(26)17-6-5-9-25(17)29(27,28)23(3)4/h13,15,17H,5-12H2,1-4H3,(H,20,21,22). The van der Waals surface area contributed by atoms with Crippen LogP contribution in [0, 0.1) is 12.8 Å². The van der Waals surface area contributed by atoms with Crippen molar-refractivity contribution < 1.29 is 13.2 Å². The van der Waals surface area contributed by atoms with Crippen molar-refractivity contribution in [3.63, 3.8) is 0 Å². The molecule has 1 unspecified atom stereocenters. The average Bonchev–Trinajstić information content (AvgIpc) is 3.18. The SMILES string of the molecule is CNc1cc(CC2CCN(C(=O)C3CCCN3S(=O)(=O)N(C)C)CC2)nc(C)n1. The Kier molecular flexibility index (Phi) is 6.75. The van der Waals surface area contributed by atoms with Gasteiger partial charge in [-0.25, -0.2) is 9.97 Å². The number of amides is 1. The van der Waals surface area contributed by atoms with Gasteiger partial charge in [-0.3, -0.25) is 4.79 Å². The van der Waals surface area contributed by atoms with Crippen molar-refractivity contribution in [3.05, 3.63) is 17.6 Å². The van der Waals surface area contributed by atoms with Gasteiger partial charge in [-0.05, 0) is 44.9 Å². The van der Waals surface area contributed by atoms with E-state index in [1.807, 2.05) is 24.9 Å². The van der Waals surface area contributed by atoms with Gasteiger partial charge < -0.3 is 10.2 Å². The van der Waals surface area contributed by atoms with Gasteiger partial charge in [-0.2, -0.15) is 17.0 Å². The third-order valence-electron chi connectivity index (χ3n) is 5.82. The molecule has 0 spiro atoms. The van der Waals surface area contributed by atoms with Crippen LogP contribution in [-0.4, -0.2) is 84.6 Å². The fourth-order valence-corrected chi connectivity index (χ4v) is 5.50. The molecule has 0 aliphatic carbocycles. The molecule has 1 aromatic rings. The summed E-state index contributed by atoms with van der Waals surface area (Å²) in [4.78, 5) is 23.8. The zero-order valence-electron chi connectivity index (χ0n) is 17.8. The quantitative estimate of drug-likeness (QED) is 0.728. The van der Waals surface area contributed by atoms with Crippen molar-refractivity contribution >= 4 is 21.9 Å². The summed E-state index contributed by atoms with van der Waals surface area (Å²) in [6, 6.07) is 1.41. The topological polar surface area (TPSA) is 98.7 Å². The summed E-state index contributed by atoms with van der Waals surface area (Å²) >= 11 is 0. The van der Waals surface area contributed by atoms with E-state index in [1.165, 1.54) is 22.7 Å². The number of anilines is 1. The Morgan fingerprint density at radius 2 is 1.90 bits per heavy atom. The molecule has 3 rings (SSSR count). The normalized spacial score (nSPS) is 21.7. The molecular formula is C19H32N6O3S. The number of nitrogens with one attached hydrogen (secondary N) is 1. The molecular weight excluding hydrogens is 392 g/mol. The predicted molar refractivity (Wildman–Crippen MR) is 112 cm³/mol. The maximum Gasteiger partial charge on any atom is 0.282 e. The zero-order valence-corrected chi connectivity index (χ0v) is 18.6. The molecule has 29 heavy (non-hydrogen) atoms. The van der Waals surface area contributed by atoms with Crippen LogP contribution < -0.4 is 5.32 Å². The highest BCUT2D eigenvalue weighted by atomic mass is 32.2. The molecule has 0 radical (unpaired) electrons. The molecule has 0 aromatic carbocycles. The van der Waals surface area contributed by atoms with Gasteiger partial charge >= 0.3 is 0 Å². The summed E-state index contributed by atoms with van der Waals surface area (Å²) in [7, 11) is 1.29. The van der Waals surface area contributed by atoms with Crippen LogP contribution in [0.15, 0.2) is 6.07 Å².